The van der Waals surface area contributed by atoms with Gasteiger partial charge in [-0.2, -0.15) is 0 Å². The zero-order valence-corrected chi connectivity index (χ0v) is 16.1. The van der Waals surface area contributed by atoms with Crippen LogP contribution >= 0.6 is 0 Å². The van der Waals surface area contributed by atoms with Crippen LogP contribution in [0.25, 0.3) is 0 Å². The molecule has 0 saturated heterocycles. The highest BCUT2D eigenvalue weighted by molar-refractivity contribution is 6.00. The Morgan fingerprint density at radius 2 is 2.00 bits per heavy atom. The van der Waals surface area contributed by atoms with Crippen molar-refractivity contribution in [1.82, 2.24) is 0 Å². The van der Waals surface area contributed by atoms with Gasteiger partial charge < -0.3 is 15.0 Å². The predicted octanol–water partition coefficient (Wildman–Crippen LogP) is 4.37. The highest BCUT2D eigenvalue weighted by Crippen LogP contribution is 2.38. The number of nitrogens with zero attached hydrogens (tertiary/aromatic N) is 1. The van der Waals surface area contributed by atoms with E-state index in [2.05, 4.69) is 12.2 Å². The summed E-state index contributed by atoms with van der Waals surface area (Å²) in [5, 5.41) is 3.04. The third kappa shape index (κ3) is 3.87. The van der Waals surface area contributed by atoms with Gasteiger partial charge >= 0.3 is 0 Å². The summed E-state index contributed by atoms with van der Waals surface area (Å²) in [6.07, 6.45) is 6.32. The van der Waals surface area contributed by atoms with Crippen LogP contribution in [-0.2, 0) is 9.59 Å². The topological polar surface area (TPSA) is 58.6 Å². The molecule has 0 unspecified atom stereocenters. The van der Waals surface area contributed by atoms with Crippen molar-refractivity contribution in [2.75, 3.05) is 23.4 Å². The molecule has 3 rings (SSSR count). The number of amides is 2. The first-order chi connectivity index (χ1) is 12.4. The molecule has 1 fully saturated rings. The van der Waals surface area contributed by atoms with Crippen molar-refractivity contribution in [3.8, 4) is 5.75 Å². The molecule has 1 aliphatic carbocycles. The lowest BCUT2D eigenvalue weighted by molar-refractivity contribution is -0.127. The standard InChI is InChI=1S/C21H30N2O3/c1-4-12-23-17-11-10-16(22-19(24)15-8-6-5-7-9-15)13-18(17)26-14-21(2,3)20(23)25/h10-11,13,15H,4-9,12,14H2,1-3H3,(H,22,24). The van der Waals surface area contributed by atoms with Gasteiger partial charge in [0.2, 0.25) is 11.8 Å². The summed E-state index contributed by atoms with van der Waals surface area (Å²) in [7, 11) is 0. The van der Waals surface area contributed by atoms with Gasteiger partial charge in [0.05, 0.1) is 11.1 Å². The fraction of sp³-hybridized carbons (Fsp3) is 0.619. The smallest absolute Gasteiger partial charge is 0.236 e. The van der Waals surface area contributed by atoms with Crippen molar-refractivity contribution in [3.63, 3.8) is 0 Å². The average Bonchev–Trinajstić information content (AvgIpc) is 2.73. The molecule has 1 aromatic carbocycles. The van der Waals surface area contributed by atoms with Gasteiger partial charge in [-0.15, -0.1) is 0 Å². The van der Waals surface area contributed by atoms with Crippen molar-refractivity contribution >= 4 is 23.2 Å². The number of anilines is 2. The largest absolute Gasteiger partial charge is 0.490 e. The van der Waals surface area contributed by atoms with Gasteiger partial charge in [-0.05, 0) is 45.2 Å². The lowest BCUT2D eigenvalue weighted by Crippen LogP contribution is -2.42. The minimum atomic E-state index is -0.570. The van der Waals surface area contributed by atoms with Crippen molar-refractivity contribution in [2.45, 2.75) is 59.3 Å². The van der Waals surface area contributed by atoms with Gasteiger partial charge in [0, 0.05) is 24.2 Å². The first-order valence-corrected chi connectivity index (χ1v) is 9.82. The van der Waals surface area contributed by atoms with Crippen molar-refractivity contribution < 1.29 is 14.3 Å². The molecule has 142 valence electrons. The van der Waals surface area contributed by atoms with E-state index < -0.39 is 5.41 Å². The Bertz CT molecular complexity index is 678. The molecule has 0 bridgehead atoms. The van der Waals surface area contributed by atoms with Crippen LogP contribution < -0.4 is 15.0 Å². The van der Waals surface area contributed by atoms with E-state index in [1.54, 1.807) is 0 Å². The Kier molecular flexibility index (Phi) is 5.54. The fourth-order valence-electron chi connectivity index (χ4n) is 3.78. The predicted molar refractivity (Wildman–Crippen MR) is 104 cm³/mol. The van der Waals surface area contributed by atoms with Gasteiger partial charge in [-0.25, -0.2) is 0 Å². The third-order valence-corrected chi connectivity index (χ3v) is 5.35. The zero-order chi connectivity index (χ0) is 18.7. The maximum absolute atomic E-state index is 12.9. The van der Waals surface area contributed by atoms with Crippen LogP contribution in [0.2, 0.25) is 0 Å². The normalized spacial score (nSPS) is 20.1. The molecule has 1 aromatic rings. The summed E-state index contributed by atoms with van der Waals surface area (Å²) < 4.78 is 5.96. The summed E-state index contributed by atoms with van der Waals surface area (Å²) in [5.74, 6) is 0.955. The minimum absolute atomic E-state index is 0.0806. The lowest BCUT2D eigenvalue weighted by atomic mass is 9.88. The Labute approximate surface area is 156 Å². The summed E-state index contributed by atoms with van der Waals surface area (Å²) in [6, 6.07) is 5.62. The molecule has 0 radical (unpaired) electrons. The van der Waals surface area contributed by atoms with E-state index in [9.17, 15) is 9.59 Å². The van der Waals surface area contributed by atoms with Gasteiger partial charge in [0.1, 0.15) is 12.4 Å². The van der Waals surface area contributed by atoms with Crippen LogP contribution in [0.1, 0.15) is 59.3 Å². The molecule has 1 saturated carbocycles. The highest BCUT2D eigenvalue weighted by Gasteiger charge is 2.37. The first-order valence-electron chi connectivity index (χ1n) is 9.82. The molecular formula is C21H30N2O3. The molecule has 5 heteroatoms. The third-order valence-electron chi connectivity index (χ3n) is 5.35. The number of nitrogens with one attached hydrogen (secondary N) is 1. The molecule has 1 heterocycles. The van der Waals surface area contributed by atoms with E-state index in [4.69, 9.17) is 4.74 Å². The van der Waals surface area contributed by atoms with E-state index in [0.29, 0.717) is 18.9 Å². The van der Waals surface area contributed by atoms with Crippen LogP contribution in [0.15, 0.2) is 18.2 Å². The Hall–Kier alpha value is -2.04. The summed E-state index contributed by atoms with van der Waals surface area (Å²) in [4.78, 5) is 27.2. The molecule has 1 N–H and O–H groups in total. The number of ether oxygens (including phenoxy) is 1. The minimum Gasteiger partial charge on any atom is -0.490 e. The molecule has 0 aromatic heterocycles. The molecule has 2 amide bonds. The number of benzene rings is 1. The lowest BCUT2D eigenvalue weighted by Gasteiger charge is -2.27. The molecule has 5 nitrogen and oxygen atoms in total. The van der Waals surface area contributed by atoms with Crippen LogP contribution in [-0.4, -0.2) is 25.0 Å². The Balaban J connectivity index is 1.82. The number of fused-ring (bicyclic) bond motifs is 1. The number of hydrogen-bond donors (Lipinski definition) is 1. The number of carbonyl (C=O) groups excluding carboxylic acids is 2. The van der Waals surface area contributed by atoms with E-state index in [-0.39, 0.29) is 17.7 Å². The van der Waals surface area contributed by atoms with E-state index in [1.165, 1.54) is 6.42 Å². The van der Waals surface area contributed by atoms with Crippen LogP contribution in [0.4, 0.5) is 11.4 Å². The molecule has 1 aliphatic heterocycles. The summed E-state index contributed by atoms with van der Waals surface area (Å²) in [5.41, 5.74) is 0.959. The molecule has 2 aliphatic rings. The van der Waals surface area contributed by atoms with Gasteiger partial charge in [-0.3, -0.25) is 9.59 Å². The second kappa shape index (κ2) is 7.68. The second-order valence-corrected chi connectivity index (χ2v) is 8.14. The van der Waals surface area contributed by atoms with Crippen molar-refractivity contribution in [2.24, 2.45) is 11.3 Å². The maximum Gasteiger partial charge on any atom is 0.236 e. The van der Waals surface area contributed by atoms with Gasteiger partial charge in [0.15, 0.2) is 0 Å². The van der Waals surface area contributed by atoms with E-state index in [0.717, 1.165) is 43.5 Å². The van der Waals surface area contributed by atoms with Gasteiger partial charge in [0.25, 0.3) is 0 Å². The highest BCUT2D eigenvalue weighted by atomic mass is 16.5. The molecule has 26 heavy (non-hydrogen) atoms. The van der Waals surface area contributed by atoms with Crippen LogP contribution in [0.5, 0.6) is 5.75 Å². The summed E-state index contributed by atoms with van der Waals surface area (Å²) >= 11 is 0. The molecular weight excluding hydrogens is 328 g/mol. The fourth-order valence-corrected chi connectivity index (χ4v) is 3.78. The summed E-state index contributed by atoms with van der Waals surface area (Å²) in [6.45, 7) is 6.88. The van der Waals surface area contributed by atoms with Crippen molar-refractivity contribution in [1.29, 1.82) is 0 Å². The van der Waals surface area contributed by atoms with Crippen molar-refractivity contribution in [3.05, 3.63) is 18.2 Å². The number of rotatable bonds is 4. The first kappa shape index (κ1) is 18.7. The Morgan fingerprint density at radius 3 is 2.69 bits per heavy atom. The quantitative estimate of drug-likeness (QED) is 0.869. The van der Waals surface area contributed by atoms with E-state index >= 15 is 0 Å². The Morgan fingerprint density at radius 1 is 1.27 bits per heavy atom. The number of carbonyl (C=O) groups is 2. The van der Waals surface area contributed by atoms with E-state index in [1.807, 2.05) is 36.9 Å². The SMILES string of the molecule is CCCN1C(=O)C(C)(C)COc2cc(NC(=O)C3CCCCC3)ccc21. The monoisotopic (exact) mass is 358 g/mol. The second-order valence-electron chi connectivity index (χ2n) is 8.14. The zero-order valence-electron chi connectivity index (χ0n) is 16.1. The van der Waals surface area contributed by atoms with Crippen LogP contribution in [0.3, 0.4) is 0 Å². The van der Waals surface area contributed by atoms with Crippen LogP contribution in [0, 0.1) is 11.3 Å². The number of hydrogen-bond acceptors (Lipinski definition) is 3. The maximum atomic E-state index is 12.9. The molecule has 0 atom stereocenters. The molecule has 0 spiro atoms. The van der Waals surface area contributed by atoms with Gasteiger partial charge in [-0.1, -0.05) is 26.2 Å². The average molecular weight is 358 g/mol.